The molecule has 1 N–H and O–H groups in total. The molecule has 0 bridgehead atoms. The van der Waals surface area contributed by atoms with Crippen molar-refractivity contribution in [2.45, 2.75) is 33.2 Å². The van der Waals surface area contributed by atoms with Gasteiger partial charge in [-0.3, -0.25) is 14.4 Å². The van der Waals surface area contributed by atoms with Crippen molar-refractivity contribution in [2.75, 3.05) is 6.54 Å². The number of hydrogen-bond donors (Lipinski definition) is 1. The van der Waals surface area contributed by atoms with Gasteiger partial charge in [-0.2, -0.15) is 5.10 Å². The molecule has 1 amide bonds. The van der Waals surface area contributed by atoms with Crippen molar-refractivity contribution in [3.05, 3.63) is 22.6 Å². The van der Waals surface area contributed by atoms with Crippen molar-refractivity contribution in [2.24, 2.45) is 0 Å². The van der Waals surface area contributed by atoms with E-state index in [-0.39, 0.29) is 5.91 Å². The maximum absolute atomic E-state index is 12.3. The number of hydrogen-bond acceptors (Lipinski definition) is 3. The summed E-state index contributed by atoms with van der Waals surface area (Å²) in [6.45, 7) is 5.37. The Bertz CT molecular complexity index is 567. The zero-order valence-corrected chi connectivity index (χ0v) is 13.1. The number of rotatable bonds is 5. The molecular weight excluding hydrogens is 296 g/mol. The van der Waals surface area contributed by atoms with Gasteiger partial charge in [-0.25, -0.2) is 0 Å². The molecule has 0 saturated carbocycles. The molecule has 0 aliphatic carbocycles. The molecule has 2 rings (SSSR count). The fourth-order valence-electron chi connectivity index (χ4n) is 2.00. The van der Waals surface area contributed by atoms with E-state index in [1.54, 1.807) is 21.9 Å². The van der Waals surface area contributed by atoms with Crippen molar-refractivity contribution in [1.82, 2.24) is 20.0 Å². The lowest BCUT2D eigenvalue weighted by Crippen LogP contribution is -2.31. The molecular formula is C13H17ClN4OS. The van der Waals surface area contributed by atoms with Crippen LogP contribution in [0.3, 0.4) is 0 Å². The normalized spacial score (nSPS) is 17.1. The third-order valence-electron chi connectivity index (χ3n) is 3.11. The van der Waals surface area contributed by atoms with E-state index < -0.39 is 0 Å². The standard InChI is InChI=1S/C13H17ClN4OS/c1-3-5-6-17-12(19)10(16-13(17)20)7-11-9(14)8-15-18(11)4-2/h7-8H,3-6H2,1-2H3,(H,16,20)/b10-7+. The van der Waals surface area contributed by atoms with Crippen molar-refractivity contribution in [1.29, 1.82) is 0 Å². The van der Waals surface area contributed by atoms with E-state index in [0.717, 1.165) is 12.8 Å². The molecule has 1 aromatic rings. The average Bonchev–Trinajstić information content (AvgIpc) is 2.91. The number of nitrogens with one attached hydrogen (secondary N) is 1. The zero-order valence-electron chi connectivity index (χ0n) is 11.5. The Kier molecular flexibility index (Phi) is 4.77. The maximum atomic E-state index is 12.3. The van der Waals surface area contributed by atoms with Crippen LogP contribution in [0.2, 0.25) is 5.02 Å². The van der Waals surface area contributed by atoms with Crippen LogP contribution < -0.4 is 5.32 Å². The van der Waals surface area contributed by atoms with E-state index in [9.17, 15) is 4.79 Å². The highest BCUT2D eigenvalue weighted by Crippen LogP contribution is 2.20. The van der Waals surface area contributed by atoms with Gasteiger partial charge in [-0.05, 0) is 31.6 Å². The Balaban J connectivity index is 2.25. The molecule has 7 heteroatoms. The molecule has 20 heavy (non-hydrogen) atoms. The first kappa shape index (κ1) is 15.0. The summed E-state index contributed by atoms with van der Waals surface area (Å²) in [4.78, 5) is 13.9. The molecule has 0 aromatic carbocycles. The van der Waals surface area contributed by atoms with Gasteiger partial charge >= 0.3 is 0 Å². The van der Waals surface area contributed by atoms with Gasteiger partial charge in [0, 0.05) is 13.1 Å². The molecule has 0 atom stereocenters. The van der Waals surface area contributed by atoms with E-state index in [1.807, 2.05) is 6.92 Å². The highest BCUT2D eigenvalue weighted by atomic mass is 35.5. The van der Waals surface area contributed by atoms with Crippen molar-refractivity contribution < 1.29 is 4.79 Å². The first-order chi connectivity index (χ1) is 9.58. The van der Waals surface area contributed by atoms with Gasteiger partial charge < -0.3 is 5.32 Å². The second-order valence-electron chi connectivity index (χ2n) is 4.49. The summed E-state index contributed by atoms with van der Waals surface area (Å²) < 4.78 is 1.74. The summed E-state index contributed by atoms with van der Waals surface area (Å²) in [5.41, 5.74) is 1.16. The molecule has 1 fully saturated rings. The van der Waals surface area contributed by atoms with Crippen LogP contribution in [0.15, 0.2) is 11.9 Å². The minimum atomic E-state index is -0.108. The van der Waals surface area contributed by atoms with Crippen LogP contribution in [0.25, 0.3) is 6.08 Å². The molecule has 0 spiro atoms. The van der Waals surface area contributed by atoms with Gasteiger partial charge in [0.25, 0.3) is 5.91 Å². The Labute approximate surface area is 128 Å². The fraction of sp³-hybridized carbons (Fsp3) is 0.462. The van der Waals surface area contributed by atoms with E-state index in [0.29, 0.717) is 34.6 Å². The van der Waals surface area contributed by atoms with Crippen LogP contribution in [0.5, 0.6) is 0 Å². The van der Waals surface area contributed by atoms with Crippen molar-refractivity contribution >= 4 is 40.9 Å². The third kappa shape index (κ3) is 2.86. The van der Waals surface area contributed by atoms with E-state index in [2.05, 4.69) is 17.3 Å². The van der Waals surface area contributed by atoms with Gasteiger partial charge in [-0.1, -0.05) is 24.9 Å². The van der Waals surface area contributed by atoms with Crippen LogP contribution in [0, 0.1) is 0 Å². The number of carbonyl (C=O) groups is 1. The zero-order chi connectivity index (χ0) is 14.7. The largest absolute Gasteiger partial charge is 0.328 e. The molecule has 5 nitrogen and oxygen atoms in total. The van der Waals surface area contributed by atoms with E-state index in [1.165, 1.54) is 0 Å². The van der Waals surface area contributed by atoms with Gasteiger partial charge in [0.15, 0.2) is 5.11 Å². The van der Waals surface area contributed by atoms with Gasteiger partial charge in [0.05, 0.1) is 16.9 Å². The molecule has 1 saturated heterocycles. The average molecular weight is 313 g/mol. The summed E-state index contributed by atoms with van der Waals surface area (Å²) in [6, 6.07) is 0. The first-order valence-electron chi connectivity index (χ1n) is 6.64. The highest BCUT2D eigenvalue weighted by Gasteiger charge is 2.30. The number of nitrogens with zero attached hydrogens (tertiary/aromatic N) is 3. The minimum absolute atomic E-state index is 0.108. The van der Waals surface area contributed by atoms with Gasteiger partial charge in [0.1, 0.15) is 5.70 Å². The predicted octanol–water partition coefficient (Wildman–Crippen LogP) is 2.41. The predicted molar refractivity (Wildman–Crippen MR) is 83.2 cm³/mol. The monoisotopic (exact) mass is 312 g/mol. The summed E-state index contributed by atoms with van der Waals surface area (Å²) in [6.07, 6.45) is 5.22. The smallest absolute Gasteiger partial charge is 0.276 e. The number of aromatic nitrogens is 2. The molecule has 0 unspecified atom stereocenters. The van der Waals surface area contributed by atoms with Gasteiger partial charge in [-0.15, -0.1) is 0 Å². The van der Waals surface area contributed by atoms with E-state index >= 15 is 0 Å². The number of carbonyl (C=O) groups excluding carboxylic acids is 1. The van der Waals surface area contributed by atoms with Crippen molar-refractivity contribution in [3.8, 4) is 0 Å². The Hall–Kier alpha value is -1.40. The molecule has 2 heterocycles. The summed E-state index contributed by atoms with van der Waals surface area (Å²) in [7, 11) is 0. The quantitative estimate of drug-likeness (QED) is 0.670. The van der Waals surface area contributed by atoms with Gasteiger partial charge in [0.2, 0.25) is 0 Å². The van der Waals surface area contributed by atoms with Crippen LogP contribution in [-0.4, -0.2) is 32.2 Å². The SMILES string of the molecule is CCCCN1C(=O)/C(=C\c2c(Cl)cnn2CC)NC1=S. The molecule has 1 aliphatic rings. The van der Waals surface area contributed by atoms with Crippen LogP contribution in [-0.2, 0) is 11.3 Å². The fourth-order valence-corrected chi connectivity index (χ4v) is 2.48. The maximum Gasteiger partial charge on any atom is 0.276 e. The first-order valence-corrected chi connectivity index (χ1v) is 7.43. The molecule has 1 aromatic heterocycles. The summed E-state index contributed by atoms with van der Waals surface area (Å²) in [5.74, 6) is -0.108. The number of unbranched alkanes of at least 4 members (excludes halogenated alkanes) is 1. The summed E-state index contributed by atoms with van der Waals surface area (Å²) >= 11 is 11.3. The number of halogens is 1. The Morgan fingerprint density at radius 2 is 2.25 bits per heavy atom. The Morgan fingerprint density at radius 3 is 2.90 bits per heavy atom. The van der Waals surface area contributed by atoms with Crippen LogP contribution in [0.4, 0.5) is 0 Å². The Morgan fingerprint density at radius 1 is 1.50 bits per heavy atom. The van der Waals surface area contributed by atoms with E-state index in [4.69, 9.17) is 23.8 Å². The second kappa shape index (κ2) is 6.37. The molecule has 1 aliphatic heterocycles. The second-order valence-corrected chi connectivity index (χ2v) is 5.29. The third-order valence-corrected chi connectivity index (χ3v) is 3.73. The van der Waals surface area contributed by atoms with Crippen molar-refractivity contribution in [3.63, 3.8) is 0 Å². The topological polar surface area (TPSA) is 50.2 Å². The lowest BCUT2D eigenvalue weighted by molar-refractivity contribution is -0.122. The van der Waals surface area contributed by atoms with Crippen LogP contribution in [0.1, 0.15) is 32.4 Å². The summed E-state index contributed by atoms with van der Waals surface area (Å²) in [5, 5.41) is 8.06. The molecule has 108 valence electrons. The lowest BCUT2D eigenvalue weighted by atomic mass is 10.3. The lowest BCUT2D eigenvalue weighted by Gasteiger charge is -2.12. The number of thiocarbonyl (C=S) groups is 1. The van der Waals surface area contributed by atoms with Crippen LogP contribution >= 0.6 is 23.8 Å². The number of amides is 1. The number of aryl methyl sites for hydroxylation is 1. The highest BCUT2D eigenvalue weighted by molar-refractivity contribution is 7.80. The molecule has 0 radical (unpaired) electrons. The minimum Gasteiger partial charge on any atom is -0.328 e.